The maximum absolute atomic E-state index is 13.6. The lowest BCUT2D eigenvalue weighted by atomic mass is 10.1. The van der Waals surface area contributed by atoms with Crippen molar-refractivity contribution in [2.75, 3.05) is 18.5 Å². The van der Waals surface area contributed by atoms with Crippen LogP contribution in [0.25, 0.3) is 16.5 Å². The van der Waals surface area contributed by atoms with E-state index in [0.717, 1.165) is 22.4 Å². The highest BCUT2D eigenvalue weighted by molar-refractivity contribution is 7.16. The van der Waals surface area contributed by atoms with Crippen molar-refractivity contribution >= 4 is 39.0 Å². The van der Waals surface area contributed by atoms with E-state index in [1.54, 1.807) is 18.4 Å². The maximum Gasteiger partial charge on any atom is 0.359 e. The van der Waals surface area contributed by atoms with Gasteiger partial charge in [-0.3, -0.25) is 9.59 Å². The molecule has 1 N–H and O–H groups in total. The molecule has 8 nitrogen and oxygen atoms in total. The number of nitrogens with zero attached hydrogens (tertiary/aromatic N) is 2. The third kappa shape index (κ3) is 5.16. The molecule has 4 rings (SSSR count). The monoisotopic (exact) mass is 505 g/mol. The second kappa shape index (κ2) is 10.7. The van der Waals surface area contributed by atoms with Crippen LogP contribution in [-0.4, -0.2) is 34.9 Å². The first-order chi connectivity index (χ1) is 17.3. The highest BCUT2D eigenvalue weighted by Gasteiger charge is 2.23. The maximum atomic E-state index is 13.6. The van der Waals surface area contributed by atoms with Gasteiger partial charge in [0.1, 0.15) is 10.8 Å². The molecule has 2 heterocycles. The molecular formula is C27H27N3O5S. The van der Waals surface area contributed by atoms with Gasteiger partial charge in [0.25, 0.3) is 5.56 Å². The van der Waals surface area contributed by atoms with Crippen LogP contribution in [0.5, 0.6) is 5.75 Å². The van der Waals surface area contributed by atoms with E-state index in [2.05, 4.69) is 10.4 Å². The second-order valence-electron chi connectivity index (χ2n) is 8.21. The number of benzene rings is 2. The van der Waals surface area contributed by atoms with Crippen molar-refractivity contribution in [3.63, 3.8) is 0 Å². The quantitative estimate of drug-likeness (QED) is 0.345. The Hall–Kier alpha value is -3.98. The van der Waals surface area contributed by atoms with E-state index < -0.39 is 11.5 Å². The number of carbonyl (C=O) groups excluding carboxylic acids is 2. The summed E-state index contributed by atoms with van der Waals surface area (Å²) in [5.74, 6) is -0.184. The number of aryl methyl sites for hydroxylation is 2. The topological polar surface area (TPSA) is 99.5 Å². The number of amides is 1. The molecule has 0 bridgehead atoms. The Morgan fingerprint density at radius 1 is 1.03 bits per heavy atom. The minimum atomic E-state index is -0.634. The fraction of sp³-hybridized carbons (Fsp3) is 0.259. The van der Waals surface area contributed by atoms with Crippen molar-refractivity contribution < 1.29 is 19.1 Å². The van der Waals surface area contributed by atoms with E-state index in [1.165, 1.54) is 16.0 Å². The lowest BCUT2D eigenvalue weighted by Gasteiger charge is -2.11. The summed E-state index contributed by atoms with van der Waals surface area (Å²) in [6.45, 7) is 8.25. The third-order valence-corrected chi connectivity index (χ3v) is 6.60. The number of nitrogens with one attached hydrogen (secondary N) is 1. The first-order valence-electron chi connectivity index (χ1n) is 11.6. The van der Waals surface area contributed by atoms with Gasteiger partial charge in [-0.25, -0.2) is 4.79 Å². The van der Waals surface area contributed by atoms with Crippen molar-refractivity contribution in [2.24, 2.45) is 0 Å². The van der Waals surface area contributed by atoms with Crippen LogP contribution in [0, 0.1) is 13.8 Å². The van der Waals surface area contributed by atoms with Crippen molar-refractivity contribution in [1.82, 2.24) is 9.78 Å². The molecule has 0 saturated heterocycles. The smallest absolute Gasteiger partial charge is 0.359 e. The number of thiophene rings is 1. The van der Waals surface area contributed by atoms with Gasteiger partial charge in [-0.2, -0.15) is 9.78 Å². The van der Waals surface area contributed by atoms with E-state index in [-0.39, 0.29) is 30.0 Å². The summed E-state index contributed by atoms with van der Waals surface area (Å²) < 4.78 is 11.8. The molecule has 36 heavy (non-hydrogen) atoms. The molecule has 0 fully saturated rings. The summed E-state index contributed by atoms with van der Waals surface area (Å²) >= 11 is 1.17. The number of esters is 1. The van der Waals surface area contributed by atoms with E-state index in [0.29, 0.717) is 22.7 Å². The van der Waals surface area contributed by atoms with Crippen LogP contribution in [0.2, 0.25) is 0 Å². The number of fused-ring (bicyclic) bond motifs is 1. The summed E-state index contributed by atoms with van der Waals surface area (Å²) in [5, 5.41) is 9.77. The molecule has 0 unspecified atom stereocenters. The van der Waals surface area contributed by atoms with Crippen LogP contribution < -0.4 is 15.6 Å². The Kier molecular flexibility index (Phi) is 7.49. The van der Waals surface area contributed by atoms with Gasteiger partial charge in [-0.05, 0) is 68.7 Å². The molecule has 2 aromatic heterocycles. The fourth-order valence-electron chi connectivity index (χ4n) is 3.75. The molecule has 186 valence electrons. The Bertz CT molecular complexity index is 1490. The summed E-state index contributed by atoms with van der Waals surface area (Å²) in [6, 6.07) is 12.8. The highest BCUT2D eigenvalue weighted by atomic mass is 32.1. The zero-order valence-electron chi connectivity index (χ0n) is 20.6. The Morgan fingerprint density at radius 3 is 2.44 bits per heavy atom. The molecule has 0 radical (unpaired) electrons. The summed E-state index contributed by atoms with van der Waals surface area (Å²) in [4.78, 5) is 39.1. The van der Waals surface area contributed by atoms with Gasteiger partial charge in [-0.1, -0.05) is 18.2 Å². The van der Waals surface area contributed by atoms with Crippen LogP contribution in [0.3, 0.4) is 0 Å². The molecule has 0 saturated carbocycles. The number of ether oxygens (including phenoxy) is 2. The minimum Gasteiger partial charge on any atom is -0.494 e. The average Bonchev–Trinajstić information content (AvgIpc) is 3.26. The molecule has 0 aliphatic rings. The highest BCUT2D eigenvalue weighted by Crippen LogP contribution is 2.31. The van der Waals surface area contributed by atoms with Crippen molar-refractivity contribution in [2.45, 2.75) is 34.1 Å². The van der Waals surface area contributed by atoms with Gasteiger partial charge < -0.3 is 14.8 Å². The number of anilines is 1. The van der Waals surface area contributed by atoms with Crippen LogP contribution in [0.4, 0.5) is 5.00 Å². The van der Waals surface area contributed by atoms with Crippen LogP contribution in [0.15, 0.2) is 52.6 Å². The lowest BCUT2D eigenvalue weighted by Crippen LogP contribution is -2.26. The van der Waals surface area contributed by atoms with Crippen molar-refractivity contribution in [3.05, 3.63) is 80.6 Å². The zero-order valence-corrected chi connectivity index (χ0v) is 21.4. The molecule has 0 aliphatic carbocycles. The van der Waals surface area contributed by atoms with Crippen LogP contribution >= 0.6 is 11.3 Å². The van der Waals surface area contributed by atoms with E-state index in [1.807, 2.05) is 57.2 Å². The number of rotatable bonds is 8. The molecule has 0 atom stereocenters. The summed E-state index contributed by atoms with van der Waals surface area (Å²) in [5.41, 5.74) is 2.96. The largest absolute Gasteiger partial charge is 0.494 e. The average molecular weight is 506 g/mol. The Labute approximate surface area is 212 Å². The predicted octanol–water partition coefficient (Wildman–Crippen LogP) is 4.82. The number of carbonyl (C=O) groups is 2. The van der Waals surface area contributed by atoms with Gasteiger partial charge in [0, 0.05) is 10.8 Å². The third-order valence-electron chi connectivity index (χ3n) is 5.71. The molecule has 4 aromatic rings. The second-order valence-corrected chi connectivity index (χ2v) is 9.09. The van der Waals surface area contributed by atoms with Crippen molar-refractivity contribution in [3.8, 4) is 11.4 Å². The van der Waals surface area contributed by atoms with Gasteiger partial charge >= 0.3 is 5.97 Å². The molecular weight excluding hydrogens is 478 g/mol. The normalized spacial score (nSPS) is 10.9. The van der Waals surface area contributed by atoms with Crippen LogP contribution in [0.1, 0.15) is 41.0 Å². The lowest BCUT2D eigenvalue weighted by molar-refractivity contribution is -0.115. The van der Waals surface area contributed by atoms with Gasteiger partial charge in [0.05, 0.1) is 30.7 Å². The first kappa shape index (κ1) is 25.1. The Balaban J connectivity index is 1.74. The Morgan fingerprint density at radius 2 is 1.78 bits per heavy atom. The van der Waals surface area contributed by atoms with Gasteiger partial charge in [0.15, 0.2) is 5.69 Å². The van der Waals surface area contributed by atoms with E-state index in [4.69, 9.17) is 9.47 Å². The number of hydrogen-bond acceptors (Lipinski definition) is 7. The molecule has 1 amide bonds. The zero-order chi connectivity index (χ0) is 25.8. The molecule has 0 spiro atoms. The first-order valence-corrected chi connectivity index (χ1v) is 12.5. The van der Waals surface area contributed by atoms with Crippen LogP contribution in [-0.2, 0) is 16.0 Å². The molecule has 0 aliphatic heterocycles. The van der Waals surface area contributed by atoms with E-state index >= 15 is 0 Å². The summed E-state index contributed by atoms with van der Waals surface area (Å²) in [6.07, 6.45) is 0.118. The summed E-state index contributed by atoms with van der Waals surface area (Å²) in [7, 11) is 0. The number of hydrogen-bond donors (Lipinski definition) is 1. The predicted molar refractivity (Wildman–Crippen MR) is 141 cm³/mol. The van der Waals surface area contributed by atoms with Gasteiger partial charge in [-0.15, -0.1) is 11.3 Å². The van der Waals surface area contributed by atoms with Crippen molar-refractivity contribution in [1.29, 1.82) is 0 Å². The SMILES string of the molecule is CCOC(=O)c1nn(-c2ccc(C)c(C)c2)c(=O)c2c(NC(=O)Cc3ccc(OCC)cc3)scc12. The van der Waals surface area contributed by atoms with E-state index in [9.17, 15) is 14.4 Å². The molecule has 2 aromatic carbocycles. The number of aromatic nitrogens is 2. The fourth-order valence-corrected chi connectivity index (χ4v) is 4.70. The minimum absolute atomic E-state index is 0.0212. The van der Waals surface area contributed by atoms with Gasteiger partial charge in [0.2, 0.25) is 5.91 Å². The standard InChI is InChI=1S/C27H27N3O5S/c1-5-34-20-11-8-18(9-12-20)14-22(31)28-25-23-21(15-36-25)24(27(33)35-6-2)29-30(26(23)32)19-10-7-16(3)17(4)13-19/h7-13,15H,5-6,14H2,1-4H3,(H,28,31). The molecule has 9 heteroatoms.